The van der Waals surface area contributed by atoms with E-state index in [0.29, 0.717) is 0 Å². The fraction of sp³-hybridized carbons (Fsp3) is 0.500. The van der Waals surface area contributed by atoms with Gasteiger partial charge in [0.15, 0.2) is 0 Å². The fourth-order valence-electron chi connectivity index (χ4n) is 3.02. The average Bonchev–Trinajstić information content (AvgIpc) is 2.95. The molecule has 1 aliphatic carbocycles. The molecule has 1 amide bonds. The molecule has 2 unspecified atom stereocenters. The van der Waals surface area contributed by atoms with Crippen LogP contribution in [0, 0.1) is 5.92 Å². The summed E-state index contributed by atoms with van der Waals surface area (Å²) in [6.07, 6.45) is 8.37. The number of carbonyl (C=O) groups is 1. The first-order chi connectivity index (χ1) is 10.2. The molecule has 0 bridgehead atoms. The lowest BCUT2D eigenvalue weighted by atomic mass is 10.1. The molecule has 2 heterocycles. The van der Waals surface area contributed by atoms with Crippen molar-refractivity contribution in [1.29, 1.82) is 0 Å². The van der Waals surface area contributed by atoms with E-state index >= 15 is 0 Å². The first-order valence-electron chi connectivity index (χ1n) is 7.56. The van der Waals surface area contributed by atoms with Crippen LogP contribution < -0.4 is 5.73 Å². The van der Waals surface area contributed by atoms with Crippen LogP contribution in [-0.4, -0.2) is 52.9 Å². The molecule has 3 rings (SSSR count). The molecule has 1 fully saturated rings. The summed E-state index contributed by atoms with van der Waals surface area (Å²) >= 11 is 0. The molecule has 112 valence electrons. The molecule has 1 aliphatic heterocycles. The Bertz CT molecular complexity index is 508. The minimum atomic E-state index is -0.00938. The molecule has 1 aromatic heterocycles. The second-order valence-corrected chi connectivity index (χ2v) is 5.85. The van der Waals surface area contributed by atoms with Crippen molar-refractivity contribution in [3.63, 3.8) is 0 Å². The zero-order chi connectivity index (χ0) is 14.7. The van der Waals surface area contributed by atoms with Crippen LogP contribution in [0.2, 0.25) is 0 Å². The maximum atomic E-state index is 12.4. The number of amides is 1. The van der Waals surface area contributed by atoms with Gasteiger partial charge in [-0.3, -0.25) is 14.7 Å². The number of pyridine rings is 1. The summed E-state index contributed by atoms with van der Waals surface area (Å²) in [5.74, 6) is 0.227. The minimum Gasteiger partial charge on any atom is -0.340 e. The van der Waals surface area contributed by atoms with E-state index in [1.165, 1.54) is 5.56 Å². The minimum absolute atomic E-state index is 0.00938. The lowest BCUT2D eigenvalue weighted by Crippen LogP contribution is -2.49. The Balaban J connectivity index is 1.49. The zero-order valence-electron chi connectivity index (χ0n) is 12.2. The third kappa shape index (κ3) is 3.49. The Kier molecular flexibility index (Phi) is 4.31. The van der Waals surface area contributed by atoms with Gasteiger partial charge >= 0.3 is 0 Å². The molecule has 2 atom stereocenters. The summed E-state index contributed by atoms with van der Waals surface area (Å²) < 4.78 is 0. The lowest BCUT2D eigenvalue weighted by molar-refractivity contribution is -0.135. The molecule has 0 spiro atoms. The van der Waals surface area contributed by atoms with Gasteiger partial charge in [0.25, 0.3) is 0 Å². The zero-order valence-corrected chi connectivity index (χ0v) is 12.2. The molecule has 21 heavy (non-hydrogen) atoms. The van der Waals surface area contributed by atoms with Crippen LogP contribution in [0.15, 0.2) is 36.7 Å². The highest BCUT2D eigenvalue weighted by Crippen LogP contribution is 2.20. The number of rotatable bonds is 3. The fourth-order valence-corrected chi connectivity index (χ4v) is 3.02. The van der Waals surface area contributed by atoms with Crippen molar-refractivity contribution >= 4 is 5.91 Å². The van der Waals surface area contributed by atoms with Crippen LogP contribution in [0.4, 0.5) is 0 Å². The van der Waals surface area contributed by atoms with Gasteiger partial charge < -0.3 is 10.6 Å². The van der Waals surface area contributed by atoms with Crippen molar-refractivity contribution in [2.75, 3.05) is 26.2 Å². The molecule has 1 aromatic rings. The predicted molar refractivity (Wildman–Crippen MR) is 81.3 cm³/mol. The molecule has 1 saturated heterocycles. The number of hydrogen-bond acceptors (Lipinski definition) is 4. The van der Waals surface area contributed by atoms with E-state index in [1.807, 2.05) is 29.3 Å². The van der Waals surface area contributed by atoms with Crippen molar-refractivity contribution in [1.82, 2.24) is 14.8 Å². The Morgan fingerprint density at radius 1 is 1.29 bits per heavy atom. The van der Waals surface area contributed by atoms with Gasteiger partial charge in [0, 0.05) is 51.2 Å². The van der Waals surface area contributed by atoms with Crippen molar-refractivity contribution in [3.05, 3.63) is 42.2 Å². The van der Waals surface area contributed by atoms with Crippen molar-refractivity contribution in [2.24, 2.45) is 11.7 Å². The van der Waals surface area contributed by atoms with Crippen LogP contribution in [0.5, 0.6) is 0 Å². The molecule has 5 heteroatoms. The number of aromatic nitrogens is 1. The third-order valence-corrected chi connectivity index (χ3v) is 4.25. The van der Waals surface area contributed by atoms with Gasteiger partial charge in [-0.2, -0.15) is 0 Å². The smallest absolute Gasteiger partial charge is 0.229 e. The van der Waals surface area contributed by atoms with Crippen LogP contribution in [0.25, 0.3) is 0 Å². The first-order valence-corrected chi connectivity index (χ1v) is 7.56. The van der Waals surface area contributed by atoms with Crippen LogP contribution in [0.1, 0.15) is 12.0 Å². The SMILES string of the molecule is NC1C=CC(C(=O)N2CCN(Cc3cccnc3)CC2)C1. The maximum Gasteiger partial charge on any atom is 0.229 e. The van der Waals surface area contributed by atoms with Gasteiger partial charge in [-0.1, -0.05) is 18.2 Å². The molecular weight excluding hydrogens is 264 g/mol. The first kappa shape index (κ1) is 14.2. The highest BCUT2D eigenvalue weighted by Gasteiger charge is 2.29. The second-order valence-electron chi connectivity index (χ2n) is 5.85. The van der Waals surface area contributed by atoms with E-state index in [0.717, 1.165) is 39.1 Å². The van der Waals surface area contributed by atoms with Crippen LogP contribution >= 0.6 is 0 Å². The molecule has 0 aromatic carbocycles. The summed E-state index contributed by atoms with van der Waals surface area (Å²) in [5, 5.41) is 0. The van der Waals surface area contributed by atoms with E-state index in [1.54, 1.807) is 6.20 Å². The summed E-state index contributed by atoms with van der Waals surface area (Å²) in [7, 11) is 0. The quantitative estimate of drug-likeness (QED) is 0.828. The average molecular weight is 286 g/mol. The number of carbonyl (C=O) groups excluding carboxylic acids is 1. The standard InChI is InChI=1S/C16H22N4O/c17-15-4-3-14(10-15)16(21)20-8-6-19(7-9-20)12-13-2-1-5-18-11-13/h1-5,11,14-15H,6-10,12,17H2. The summed E-state index contributed by atoms with van der Waals surface area (Å²) in [4.78, 5) is 20.9. The van der Waals surface area contributed by atoms with Gasteiger partial charge in [0.2, 0.25) is 5.91 Å². The molecule has 2 N–H and O–H groups in total. The van der Waals surface area contributed by atoms with Crippen molar-refractivity contribution in [2.45, 2.75) is 19.0 Å². The van der Waals surface area contributed by atoms with Gasteiger partial charge in [-0.25, -0.2) is 0 Å². The molecule has 5 nitrogen and oxygen atoms in total. The summed E-state index contributed by atoms with van der Waals surface area (Å²) in [6.45, 7) is 4.35. The highest BCUT2D eigenvalue weighted by atomic mass is 16.2. The van der Waals surface area contributed by atoms with E-state index in [9.17, 15) is 4.79 Å². The van der Waals surface area contributed by atoms with E-state index < -0.39 is 0 Å². The van der Waals surface area contributed by atoms with Crippen molar-refractivity contribution < 1.29 is 4.79 Å². The monoisotopic (exact) mass is 286 g/mol. The topological polar surface area (TPSA) is 62.5 Å². The number of nitrogens with zero attached hydrogens (tertiary/aromatic N) is 3. The molecule has 0 saturated carbocycles. The molecular formula is C16H22N4O. The number of piperazine rings is 1. The number of hydrogen-bond donors (Lipinski definition) is 1. The van der Waals surface area contributed by atoms with E-state index in [4.69, 9.17) is 5.73 Å². The summed E-state index contributed by atoms with van der Waals surface area (Å²) in [6, 6.07) is 4.10. The Morgan fingerprint density at radius 2 is 2.10 bits per heavy atom. The van der Waals surface area contributed by atoms with Crippen LogP contribution in [-0.2, 0) is 11.3 Å². The largest absolute Gasteiger partial charge is 0.340 e. The van der Waals surface area contributed by atoms with E-state index in [-0.39, 0.29) is 17.9 Å². The predicted octanol–water partition coefficient (Wildman–Crippen LogP) is 0.629. The lowest BCUT2D eigenvalue weighted by Gasteiger charge is -2.35. The highest BCUT2D eigenvalue weighted by molar-refractivity contribution is 5.81. The Morgan fingerprint density at radius 3 is 2.71 bits per heavy atom. The van der Waals surface area contributed by atoms with Crippen molar-refractivity contribution in [3.8, 4) is 0 Å². The van der Waals surface area contributed by atoms with Gasteiger partial charge in [-0.15, -0.1) is 0 Å². The molecule has 0 radical (unpaired) electrons. The Labute approximate surface area is 125 Å². The third-order valence-electron chi connectivity index (χ3n) is 4.25. The van der Waals surface area contributed by atoms with Gasteiger partial charge in [-0.05, 0) is 18.1 Å². The van der Waals surface area contributed by atoms with Crippen LogP contribution in [0.3, 0.4) is 0 Å². The summed E-state index contributed by atoms with van der Waals surface area (Å²) in [5.41, 5.74) is 7.05. The normalized spacial score (nSPS) is 26.2. The van der Waals surface area contributed by atoms with Gasteiger partial charge in [0.1, 0.15) is 0 Å². The van der Waals surface area contributed by atoms with E-state index in [2.05, 4.69) is 16.0 Å². The molecule has 2 aliphatic rings. The Hall–Kier alpha value is -1.72. The second kappa shape index (κ2) is 6.37. The number of nitrogens with two attached hydrogens (primary N) is 1. The van der Waals surface area contributed by atoms with Gasteiger partial charge in [0.05, 0.1) is 5.92 Å². The maximum absolute atomic E-state index is 12.4.